The van der Waals surface area contributed by atoms with E-state index in [0.717, 1.165) is 31.2 Å². The average molecular weight is 478 g/mol. The summed E-state index contributed by atoms with van der Waals surface area (Å²) in [5, 5.41) is 8.50. The molecule has 1 aromatic rings. The Hall–Kier alpha value is -0.870. The van der Waals surface area contributed by atoms with Crippen LogP contribution in [-0.2, 0) is 16.6 Å². The second-order valence-electron chi connectivity index (χ2n) is 6.88. The standard InChI is InChI=1S/C17H26N4O2S.HI/c1-2-19-16(21-11-10-17(13-21)8-3-9-17)20-12-14-4-6-15(7-5-14)24(18,22)23;/h4-7H,2-3,8-13H2,1H3,(H,19,20)(H2,18,22,23);1H. The highest BCUT2D eigenvalue weighted by Crippen LogP contribution is 2.47. The molecular formula is C17H27IN4O2S. The van der Waals surface area contributed by atoms with Crippen LogP contribution in [0.3, 0.4) is 0 Å². The SMILES string of the molecule is CCNC(=NCc1ccc(S(N)(=O)=O)cc1)N1CCC2(CCC2)C1.I. The van der Waals surface area contributed by atoms with E-state index in [0.29, 0.717) is 12.0 Å². The number of sulfonamides is 1. The summed E-state index contributed by atoms with van der Waals surface area (Å²) in [4.78, 5) is 7.23. The third-order valence-corrected chi connectivity index (χ3v) is 6.08. The molecule has 3 N–H and O–H groups in total. The lowest BCUT2D eigenvalue weighted by Crippen LogP contribution is -2.42. The molecule has 3 rings (SSSR count). The summed E-state index contributed by atoms with van der Waals surface area (Å²) in [5.74, 6) is 0.955. The van der Waals surface area contributed by atoms with E-state index >= 15 is 0 Å². The molecule has 1 aliphatic carbocycles. The number of benzene rings is 1. The molecule has 0 amide bonds. The molecule has 2 fully saturated rings. The van der Waals surface area contributed by atoms with E-state index in [1.54, 1.807) is 12.1 Å². The molecule has 0 bridgehead atoms. The Kier molecular flexibility index (Phi) is 6.72. The van der Waals surface area contributed by atoms with Crippen LogP contribution < -0.4 is 10.5 Å². The van der Waals surface area contributed by atoms with Crippen LogP contribution in [0.1, 0.15) is 38.2 Å². The summed E-state index contributed by atoms with van der Waals surface area (Å²) in [7, 11) is -3.64. The van der Waals surface area contributed by atoms with Crippen molar-refractivity contribution in [3.63, 3.8) is 0 Å². The smallest absolute Gasteiger partial charge is 0.238 e. The molecule has 0 atom stereocenters. The van der Waals surface area contributed by atoms with E-state index < -0.39 is 10.0 Å². The van der Waals surface area contributed by atoms with Gasteiger partial charge < -0.3 is 10.2 Å². The molecule has 1 aromatic carbocycles. The van der Waals surface area contributed by atoms with Gasteiger partial charge in [-0.1, -0.05) is 18.6 Å². The summed E-state index contributed by atoms with van der Waals surface area (Å²) in [6, 6.07) is 6.60. The van der Waals surface area contributed by atoms with E-state index in [4.69, 9.17) is 10.1 Å². The predicted molar refractivity (Wildman–Crippen MR) is 111 cm³/mol. The zero-order chi connectivity index (χ0) is 17.2. The van der Waals surface area contributed by atoms with Gasteiger partial charge in [0.25, 0.3) is 0 Å². The van der Waals surface area contributed by atoms with Crippen molar-refractivity contribution in [1.29, 1.82) is 0 Å². The average Bonchev–Trinajstić information content (AvgIpc) is 2.97. The maximum Gasteiger partial charge on any atom is 0.238 e. The number of nitrogens with zero attached hydrogens (tertiary/aromatic N) is 2. The molecule has 0 aromatic heterocycles. The quantitative estimate of drug-likeness (QED) is 0.395. The zero-order valence-corrected chi connectivity index (χ0v) is 17.7. The number of nitrogens with two attached hydrogens (primary N) is 1. The van der Waals surface area contributed by atoms with Crippen molar-refractivity contribution in [3.05, 3.63) is 29.8 Å². The number of hydrogen-bond donors (Lipinski definition) is 2. The van der Waals surface area contributed by atoms with Crippen LogP contribution in [0.2, 0.25) is 0 Å². The van der Waals surface area contributed by atoms with Gasteiger partial charge in [-0.3, -0.25) is 0 Å². The monoisotopic (exact) mass is 478 g/mol. The van der Waals surface area contributed by atoms with Gasteiger partial charge in [-0.2, -0.15) is 0 Å². The first-order valence-electron chi connectivity index (χ1n) is 8.57. The van der Waals surface area contributed by atoms with Gasteiger partial charge in [0.2, 0.25) is 10.0 Å². The second kappa shape index (κ2) is 8.22. The number of halogens is 1. The van der Waals surface area contributed by atoms with Crippen molar-refractivity contribution in [2.75, 3.05) is 19.6 Å². The number of aliphatic imine (C=N–C) groups is 1. The minimum absolute atomic E-state index is 0. The summed E-state index contributed by atoms with van der Waals surface area (Å²) in [5.41, 5.74) is 1.50. The van der Waals surface area contributed by atoms with Crippen LogP contribution in [0, 0.1) is 5.41 Å². The van der Waals surface area contributed by atoms with Crippen molar-refractivity contribution in [2.24, 2.45) is 15.5 Å². The van der Waals surface area contributed by atoms with Crippen molar-refractivity contribution < 1.29 is 8.42 Å². The number of guanidine groups is 1. The molecule has 1 saturated heterocycles. The van der Waals surface area contributed by atoms with E-state index in [1.807, 2.05) is 0 Å². The lowest BCUT2D eigenvalue weighted by molar-refractivity contribution is 0.151. The highest BCUT2D eigenvalue weighted by atomic mass is 127. The minimum atomic E-state index is -3.64. The van der Waals surface area contributed by atoms with Gasteiger partial charge in [0.05, 0.1) is 11.4 Å². The fourth-order valence-electron chi connectivity index (χ4n) is 3.58. The van der Waals surface area contributed by atoms with Gasteiger partial charge in [-0.25, -0.2) is 18.5 Å². The summed E-state index contributed by atoms with van der Waals surface area (Å²) in [6.45, 7) is 5.61. The number of hydrogen-bond acceptors (Lipinski definition) is 3. The molecule has 0 unspecified atom stereocenters. The maximum absolute atomic E-state index is 11.3. The Morgan fingerprint density at radius 2 is 1.96 bits per heavy atom. The molecule has 1 saturated carbocycles. The Morgan fingerprint density at radius 3 is 2.44 bits per heavy atom. The molecule has 140 valence electrons. The van der Waals surface area contributed by atoms with E-state index in [-0.39, 0.29) is 28.9 Å². The van der Waals surface area contributed by atoms with Crippen molar-refractivity contribution in [1.82, 2.24) is 10.2 Å². The first-order chi connectivity index (χ1) is 11.4. The van der Waals surface area contributed by atoms with Gasteiger partial charge in [-0.15, -0.1) is 24.0 Å². The Labute approximate surface area is 167 Å². The number of primary sulfonamides is 1. The Morgan fingerprint density at radius 1 is 1.28 bits per heavy atom. The van der Waals surface area contributed by atoms with Crippen LogP contribution in [-0.4, -0.2) is 38.9 Å². The first-order valence-corrected chi connectivity index (χ1v) is 10.1. The Balaban J connectivity index is 0.00000225. The highest BCUT2D eigenvalue weighted by Gasteiger charge is 2.43. The number of nitrogens with one attached hydrogen (secondary N) is 1. The highest BCUT2D eigenvalue weighted by molar-refractivity contribution is 14.0. The number of likely N-dealkylation sites (tertiary alicyclic amines) is 1. The molecular weight excluding hydrogens is 451 g/mol. The fourth-order valence-corrected chi connectivity index (χ4v) is 4.09. The second-order valence-corrected chi connectivity index (χ2v) is 8.45. The molecule has 2 aliphatic rings. The minimum Gasteiger partial charge on any atom is -0.357 e. The summed E-state index contributed by atoms with van der Waals surface area (Å²) in [6.07, 6.45) is 5.31. The van der Waals surface area contributed by atoms with Gasteiger partial charge in [0.15, 0.2) is 5.96 Å². The number of rotatable bonds is 4. The van der Waals surface area contributed by atoms with Crippen molar-refractivity contribution in [3.8, 4) is 0 Å². The van der Waals surface area contributed by atoms with E-state index in [9.17, 15) is 8.42 Å². The fraction of sp³-hybridized carbons (Fsp3) is 0.588. The summed E-state index contributed by atoms with van der Waals surface area (Å²) < 4.78 is 22.6. The van der Waals surface area contributed by atoms with E-state index in [1.165, 1.54) is 37.8 Å². The van der Waals surface area contributed by atoms with Crippen LogP contribution in [0.25, 0.3) is 0 Å². The normalized spacial score (nSPS) is 19.4. The molecule has 6 nitrogen and oxygen atoms in total. The van der Waals surface area contributed by atoms with Crippen LogP contribution in [0.4, 0.5) is 0 Å². The summed E-state index contributed by atoms with van der Waals surface area (Å²) >= 11 is 0. The predicted octanol–water partition coefficient (Wildman–Crippen LogP) is 2.29. The maximum atomic E-state index is 11.3. The molecule has 8 heteroatoms. The molecule has 1 heterocycles. The third kappa shape index (κ3) is 4.85. The topological polar surface area (TPSA) is 87.8 Å². The van der Waals surface area contributed by atoms with E-state index in [2.05, 4.69) is 17.1 Å². The first kappa shape index (κ1) is 20.4. The zero-order valence-electron chi connectivity index (χ0n) is 14.6. The van der Waals surface area contributed by atoms with Crippen LogP contribution >= 0.6 is 24.0 Å². The molecule has 25 heavy (non-hydrogen) atoms. The Bertz CT molecular complexity index is 715. The van der Waals surface area contributed by atoms with Gasteiger partial charge >= 0.3 is 0 Å². The van der Waals surface area contributed by atoms with Crippen molar-refractivity contribution >= 4 is 40.0 Å². The third-order valence-electron chi connectivity index (χ3n) is 5.15. The van der Waals surface area contributed by atoms with Crippen LogP contribution in [0.15, 0.2) is 34.2 Å². The lowest BCUT2D eigenvalue weighted by Gasteiger charge is -2.38. The van der Waals surface area contributed by atoms with Crippen molar-refractivity contribution in [2.45, 2.75) is 44.0 Å². The largest absolute Gasteiger partial charge is 0.357 e. The van der Waals surface area contributed by atoms with Gasteiger partial charge in [-0.05, 0) is 49.3 Å². The van der Waals surface area contributed by atoms with Gasteiger partial charge in [0, 0.05) is 19.6 Å². The van der Waals surface area contributed by atoms with Gasteiger partial charge in [0.1, 0.15) is 0 Å². The molecule has 1 aliphatic heterocycles. The molecule has 1 spiro atoms. The van der Waals surface area contributed by atoms with Crippen LogP contribution in [0.5, 0.6) is 0 Å². The molecule has 0 radical (unpaired) electrons. The lowest BCUT2D eigenvalue weighted by atomic mass is 9.68.